The van der Waals surface area contributed by atoms with Crippen molar-refractivity contribution < 1.29 is 13.5 Å². The maximum Gasteiger partial charge on any atom is 0.229 e. The van der Waals surface area contributed by atoms with E-state index >= 15 is 0 Å². The molecule has 0 aliphatic rings. The van der Waals surface area contributed by atoms with Crippen LogP contribution in [0, 0.1) is 11.6 Å². The Morgan fingerprint density at radius 1 is 0.759 bits per heavy atom. The molecule has 0 saturated heterocycles. The van der Waals surface area contributed by atoms with Crippen LogP contribution < -0.4 is 15.4 Å². The molecule has 0 aliphatic carbocycles. The quantitative estimate of drug-likeness (QED) is 0.421. The maximum atomic E-state index is 13.4. The normalized spacial score (nSPS) is 10.4. The van der Waals surface area contributed by atoms with E-state index in [-0.39, 0.29) is 5.95 Å². The standard InChI is InChI=1S/C22H16F2N4O/c23-17-11-10-15(14-18(17)24)26-22-25-13-12-21(28-22)27-19-8-4-5-9-20(19)29-16-6-2-1-3-7-16/h1-14H,(H2,25,26,27,28). The van der Waals surface area contributed by atoms with Crippen molar-refractivity contribution in [2.45, 2.75) is 0 Å². The Morgan fingerprint density at radius 2 is 1.55 bits per heavy atom. The van der Waals surface area contributed by atoms with Gasteiger partial charge in [-0.15, -0.1) is 0 Å². The molecule has 4 rings (SSSR count). The molecular formula is C22H16F2N4O. The topological polar surface area (TPSA) is 59.1 Å². The summed E-state index contributed by atoms with van der Waals surface area (Å²) in [5, 5.41) is 6.04. The van der Waals surface area contributed by atoms with Gasteiger partial charge >= 0.3 is 0 Å². The minimum absolute atomic E-state index is 0.238. The smallest absolute Gasteiger partial charge is 0.229 e. The monoisotopic (exact) mass is 390 g/mol. The molecule has 0 atom stereocenters. The van der Waals surface area contributed by atoms with E-state index in [9.17, 15) is 8.78 Å². The van der Waals surface area contributed by atoms with Gasteiger partial charge in [0.2, 0.25) is 5.95 Å². The first-order valence-electron chi connectivity index (χ1n) is 8.81. The van der Waals surface area contributed by atoms with E-state index in [1.807, 2.05) is 54.6 Å². The highest BCUT2D eigenvalue weighted by molar-refractivity contribution is 5.65. The van der Waals surface area contributed by atoms with Crippen LogP contribution in [0.5, 0.6) is 11.5 Å². The number of anilines is 4. The van der Waals surface area contributed by atoms with Gasteiger partial charge < -0.3 is 15.4 Å². The van der Waals surface area contributed by atoms with Gasteiger partial charge in [-0.2, -0.15) is 4.98 Å². The third kappa shape index (κ3) is 4.65. The summed E-state index contributed by atoms with van der Waals surface area (Å²) in [5.74, 6) is 0.229. The van der Waals surface area contributed by atoms with Crippen molar-refractivity contribution in [3.63, 3.8) is 0 Å². The minimum Gasteiger partial charge on any atom is -0.455 e. The van der Waals surface area contributed by atoms with Crippen molar-refractivity contribution in [1.29, 1.82) is 0 Å². The van der Waals surface area contributed by atoms with Gasteiger partial charge in [0.1, 0.15) is 11.6 Å². The molecule has 0 radical (unpaired) electrons. The lowest BCUT2D eigenvalue weighted by Gasteiger charge is -2.13. The van der Waals surface area contributed by atoms with Gasteiger partial charge in [-0.05, 0) is 42.5 Å². The molecule has 0 saturated carbocycles. The third-order valence-electron chi connectivity index (χ3n) is 3.95. The molecule has 3 aromatic carbocycles. The second kappa shape index (κ2) is 8.35. The zero-order valence-corrected chi connectivity index (χ0v) is 15.1. The summed E-state index contributed by atoms with van der Waals surface area (Å²) in [6.07, 6.45) is 1.55. The molecular weight excluding hydrogens is 374 g/mol. The Morgan fingerprint density at radius 3 is 2.38 bits per heavy atom. The van der Waals surface area contributed by atoms with Crippen LogP contribution in [-0.2, 0) is 0 Å². The Bertz CT molecular complexity index is 1120. The first kappa shape index (κ1) is 18.4. The number of aromatic nitrogens is 2. The Hall–Kier alpha value is -4.00. The van der Waals surface area contributed by atoms with Gasteiger partial charge in [0, 0.05) is 18.0 Å². The summed E-state index contributed by atoms with van der Waals surface area (Å²) in [6, 6.07) is 22.1. The summed E-state index contributed by atoms with van der Waals surface area (Å²) in [6.45, 7) is 0. The van der Waals surface area contributed by atoms with Gasteiger partial charge in [-0.3, -0.25) is 0 Å². The van der Waals surface area contributed by atoms with E-state index in [4.69, 9.17) is 4.74 Å². The molecule has 5 nitrogen and oxygen atoms in total. The number of nitrogens with zero attached hydrogens (tertiary/aromatic N) is 2. The number of ether oxygens (including phenoxy) is 1. The fraction of sp³-hybridized carbons (Fsp3) is 0. The first-order chi connectivity index (χ1) is 14.2. The maximum absolute atomic E-state index is 13.4. The number of hydrogen-bond donors (Lipinski definition) is 2. The van der Waals surface area contributed by atoms with Crippen LogP contribution in [-0.4, -0.2) is 9.97 Å². The van der Waals surface area contributed by atoms with E-state index in [0.29, 0.717) is 28.7 Å². The van der Waals surface area contributed by atoms with Gasteiger partial charge in [0.25, 0.3) is 0 Å². The van der Waals surface area contributed by atoms with E-state index in [1.54, 1.807) is 12.3 Å². The van der Waals surface area contributed by atoms with Crippen molar-refractivity contribution in [3.05, 3.63) is 96.7 Å². The van der Waals surface area contributed by atoms with Gasteiger partial charge in [0.15, 0.2) is 17.4 Å². The number of rotatable bonds is 6. The Balaban J connectivity index is 1.53. The fourth-order valence-corrected chi connectivity index (χ4v) is 2.60. The molecule has 29 heavy (non-hydrogen) atoms. The van der Waals surface area contributed by atoms with E-state index in [0.717, 1.165) is 12.1 Å². The Kier molecular flexibility index (Phi) is 5.29. The summed E-state index contributed by atoms with van der Waals surface area (Å²) in [7, 11) is 0. The highest BCUT2D eigenvalue weighted by Crippen LogP contribution is 2.31. The molecule has 1 aromatic heterocycles. The zero-order valence-electron chi connectivity index (χ0n) is 15.1. The number of benzene rings is 3. The third-order valence-corrected chi connectivity index (χ3v) is 3.95. The molecule has 144 valence electrons. The molecule has 0 aliphatic heterocycles. The van der Waals surface area contributed by atoms with Crippen molar-refractivity contribution in [1.82, 2.24) is 9.97 Å². The molecule has 2 N–H and O–H groups in total. The summed E-state index contributed by atoms with van der Waals surface area (Å²) in [5.41, 5.74) is 1.06. The SMILES string of the molecule is Fc1ccc(Nc2nccc(Nc3ccccc3Oc3ccccc3)n2)cc1F. The number of halogens is 2. The predicted octanol–water partition coefficient (Wildman–Crippen LogP) is 6.03. The molecule has 0 unspecified atom stereocenters. The van der Waals surface area contributed by atoms with E-state index in [1.165, 1.54) is 6.07 Å². The van der Waals surface area contributed by atoms with E-state index < -0.39 is 11.6 Å². The highest BCUT2D eigenvalue weighted by atomic mass is 19.2. The number of para-hydroxylation sites is 3. The zero-order chi connectivity index (χ0) is 20.1. The number of nitrogens with one attached hydrogen (secondary N) is 2. The summed E-state index contributed by atoms with van der Waals surface area (Å²) < 4.78 is 32.4. The lowest BCUT2D eigenvalue weighted by Crippen LogP contribution is -2.01. The average Bonchev–Trinajstić information content (AvgIpc) is 2.73. The molecule has 4 aromatic rings. The molecule has 0 fully saturated rings. The summed E-state index contributed by atoms with van der Waals surface area (Å²) in [4.78, 5) is 8.47. The van der Waals surface area contributed by atoms with Crippen LogP contribution in [0.15, 0.2) is 85.1 Å². The average molecular weight is 390 g/mol. The largest absolute Gasteiger partial charge is 0.455 e. The van der Waals surface area contributed by atoms with Crippen LogP contribution in [0.25, 0.3) is 0 Å². The Labute approximate surface area is 166 Å². The highest BCUT2D eigenvalue weighted by Gasteiger charge is 2.08. The molecule has 0 amide bonds. The van der Waals surface area contributed by atoms with Crippen molar-refractivity contribution >= 4 is 23.1 Å². The second-order valence-electron chi connectivity index (χ2n) is 6.06. The lowest BCUT2D eigenvalue weighted by atomic mass is 10.3. The van der Waals surface area contributed by atoms with Crippen molar-refractivity contribution in [2.75, 3.05) is 10.6 Å². The second-order valence-corrected chi connectivity index (χ2v) is 6.06. The van der Waals surface area contributed by atoms with Crippen LogP contribution in [0.2, 0.25) is 0 Å². The molecule has 7 heteroatoms. The predicted molar refractivity (Wildman–Crippen MR) is 108 cm³/mol. The lowest BCUT2D eigenvalue weighted by molar-refractivity contribution is 0.485. The van der Waals surface area contributed by atoms with Gasteiger partial charge in [-0.25, -0.2) is 13.8 Å². The fourth-order valence-electron chi connectivity index (χ4n) is 2.60. The van der Waals surface area contributed by atoms with Crippen LogP contribution >= 0.6 is 0 Å². The van der Waals surface area contributed by atoms with Crippen LogP contribution in [0.4, 0.5) is 31.9 Å². The molecule has 0 bridgehead atoms. The van der Waals surface area contributed by atoms with Crippen LogP contribution in [0.1, 0.15) is 0 Å². The van der Waals surface area contributed by atoms with Gasteiger partial charge in [0.05, 0.1) is 5.69 Å². The molecule has 0 spiro atoms. The summed E-state index contributed by atoms with van der Waals surface area (Å²) >= 11 is 0. The first-order valence-corrected chi connectivity index (χ1v) is 8.81. The molecule has 1 heterocycles. The van der Waals surface area contributed by atoms with Gasteiger partial charge in [-0.1, -0.05) is 30.3 Å². The van der Waals surface area contributed by atoms with Crippen LogP contribution in [0.3, 0.4) is 0 Å². The van der Waals surface area contributed by atoms with E-state index in [2.05, 4.69) is 20.6 Å². The number of hydrogen-bond acceptors (Lipinski definition) is 5. The van der Waals surface area contributed by atoms with Crippen molar-refractivity contribution in [3.8, 4) is 11.5 Å². The minimum atomic E-state index is -0.948. The van der Waals surface area contributed by atoms with Crippen molar-refractivity contribution in [2.24, 2.45) is 0 Å².